The maximum absolute atomic E-state index is 13.4. The van der Waals surface area contributed by atoms with E-state index in [9.17, 15) is 9.59 Å². The summed E-state index contributed by atoms with van der Waals surface area (Å²) in [5.41, 5.74) is 4.80. The van der Waals surface area contributed by atoms with Gasteiger partial charge in [0, 0.05) is 55.2 Å². The van der Waals surface area contributed by atoms with Crippen molar-refractivity contribution in [1.29, 1.82) is 0 Å². The van der Waals surface area contributed by atoms with Crippen molar-refractivity contribution >= 4 is 28.4 Å². The fourth-order valence-corrected chi connectivity index (χ4v) is 4.53. The molecule has 2 heterocycles. The maximum Gasteiger partial charge on any atom is 0.267 e. The van der Waals surface area contributed by atoms with Gasteiger partial charge >= 0.3 is 0 Å². The molecule has 0 saturated carbocycles. The molecule has 0 atom stereocenters. The molecule has 1 fully saturated rings. The zero-order valence-corrected chi connectivity index (χ0v) is 22.8. The van der Waals surface area contributed by atoms with E-state index in [-0.39, 0.29) is 23.1 Å². The van der Waals surface area contributed by atoms with Gasteiger partial charge in [-0.3, -0.25) is 14.5 Å². The molecule has 0 bridgehead atoms. The van der Waals surface area contributed by atoms with E-state index in [4.69, 9.17) is 4.74 Å². The summed E-state index contributed by atoms with van der Waals surface area (Å²) in [6.45, 7) is 15.6. The molecular formula is C30H40N4O3. The SMILES string of the molecule is CC(C)C(=O)Nc1ccc2c(c1)cc(C(=O)NCCN1CCOCC1)n2Cc1ccc(C(C)(C)C)cc1. The molecule has 2 aromatic carbocycles. The summed E-state index contributed by atoms with van der Waals surface area (Å²) in [5, 5.41) is 7.00. The summed E-state index contributed by atoms with van der Waals surface area (Å²) in [7, 11) is 0. The second-order valence-corrected chi connectivity index (χ2v) is 11.2. The van der Waals surface area contributed by atoms with Gasteiger partial charge in [0.1, 0.15) is 5.69 Å². The number of morpholine rings is 1. The number of aromatic nitrogens is 1. The number of hydrogen-bond acceptors (Lipinski definition) is 4. The first kappa shape index (κ1) is 26.9. The molecule has 0 spiro atoms. The van der Waals surface area contributed by atoms with Crippen LogP contribution in [-0.2, 0) is 21.5 Å². The Kier molecular flexibility index (Phi) is 8.35. The third kappa shape index (κ3) is 6.79. The summed E-state index contributed by atoms with van der Waals surface area (Å²) in [5.74, 6) is -0.230. The molecule has 2 N–H and O–H groups in total. The third-order valence-corrected chi connectivity index (χ3v) is 6.90. The highest BCUT2D eigenvalue weighted by atomic mass is 16.5. The molecule has 0 aliphatic carbocycles. The highest BCUT2D eigenvalue weighted by Gasteiger charge is 2.19. The van der Waals surface area contributed by atoms with Crippen molar-refractivity contribution in [1.82, 2.24) is 14.8 Å². The molecule has 3 aromatic rings. The zero-order chi connectivity index (χ0) is 26.6. The van der Waals surface area contributed by atoms with Crippen LogP contribution in [-0.4, -0.2) is 60.7 Å². The van der Waals surface area contributed by atoms with E-state index in [1.807, 2.05) is 38.1 Å². The molecule has 37 heavy (non-hydrogen) atoms. The van der Waals surface area contributed by atoms with Crippen LogP contribution in [0.5, 0.6) is 0 Å². The van der Waals surface area contributed by atoms with Crippen molar-refractivity contribution in [3.8, 4) is 0 Å². The molecule has 7 nitrogen and oxygen atoms in total. The fraction of sp³-hybridized carbons (Fsp3) is 0.467. The Morgan fingerprint density at radius 1 is 1.00 bits per heavy atom. The minimum absolute atomic E-state index is 0.0289. The van der Waals surface area contributed by atoms with Gasteiger partial charge in [-0.05, 0) is 40.8 Å². The summed E-state index contributed by atoms with van der Waals surface area (Å²) >= 11 is 0. The lowest BCUT2D eigenvalue weighted by Gasteiger charge is -2.26. The quantitative estimate of drug-likeness (QED) is 0.469. The van der Waals surface area contributed by atoms with Gasteiger partial charge in [-0.1, -0.05) is 58.9 Å². The van der Waals surface area contributed by atoms with Gasteiger partial charge in [0.2, 0.25) is 5.91 Å². The second kappa shape index (κ2) is 11.5. The summed E-state index contributed by atoms with van der Waals surface area (Å²) in [4.78, 5) is 27.9. The van der Waals surface area contributed by atoms with E-state index in [0.717, 1.165) is 55.0 Å². The average molecular weight is 505 g/mol. The van der Waals surface area contributed by atoms with Crippen molar-refractivity contribution in [3.05, 3.63) is 65.4 Å². The van der Waals surface area contributed by atoms with Crippen LogP contribution >= 0.6 is 0 Å². The van der Waals surface area contributed by atoms with E-state index < -0.39 is 0 Å². The van der Waals surface area contributed by atoms with Crippen LogP contribution in [0, 0.1) is 5.92 Å². The molecular weight excluding hydrogens is 464 g/mol. The molecule has 1 aliphatic heterocycles. The lowest BCUT2D eigenvalue weighted by molar-refractivity contribution is -0.118. The number of carbonyl (C=O) groups is 2. The smallest absolute Gasteiger partial charge is 0.267 e. The standard InChI is InChI=1S/C30H40N4O3/c1-21(2)28(35)32-25-10-11-26-23(18-25)19-27(29(36)31-12-13-33-14-16-37-17-15-33)34(26)20-22-6-8-24(9-7-22)30(3,4)5/h6-11,18-19,21H,12-17,20H2,1-5H3,(H,31,36)(H,32,35). The Labute approximate surface area is 220 Å². The maximum atomic E-state index is 13.4. The van der Waals surface area contributed by atoms with Crippen LogP contribution < -0.4 is 10.6 Å². The Balaban J connectivity index is 1.59. The van der Waals surface area contributed by atoms with Crippen LogP contribution in [0.25, 0.3) is 10.9 Å². The van der Waals surface area contributed by atoms with E-state index in [0.29, 0.717) is 18.8 Å². The Hall–Kier alpha value is -3.16. The number of amides is 2. The minimum atomic E-state index is -0.107. The van der Waals surface area contributed by atoms with Gasteiger partial charge in [0.25, 0.3) is 5.91 Å². The largest absolute Gasteiger partial charge is 0.379 e. The van der Waals surface area contributed by atoms with Gasteiger partial charge in [0.15, 0.2) is 0 Å². The highest BCUT2D eigenvalue weighted by molar-refractivity contribution is 6.00. The minimum Gasteiger partial charge on any atom is -0.379 e. The zero-order valence-electron chi connectivity index (χ0n) is 22.8. The molecule has 7 heteroatoms. The number of fused-ring (bicyclic) bond motifs is 1. The number of nitrogens with one attached hydrogen (secondary N) is 2. The van der Waals surface area contributed by atoms with Crippen molar-refractivity contribution in [2.24, 2.45) is 5.92 Å². The van der Waals surface area contributed by atoms with Gasteiger partial charge < -0.3 is 19.9 Å². The highest BCUT2D eigenvalue weighted by Crippen LogP contribution is 2.27. The van der Waals surface area contributed by atoms with Gasteiger partial charge in [-0.25, -0.2) is 0 Å². The van der Waals surface area contributed by atoms with Crippen molar-refractivity contribution in [3.63, 3.8) is 0 Å². The van der Waals surface area contributed by atoms with E-state index in [2.05, 4.69) is 65.1 Å². The van der Waals surface area contributed by atoms with Crippen LogP contribution in [0.2, 0.25) is 0 Å². The summed E-state index contributed by atoms with van der Waals surface area (Å²) < 4.78 is 7.49. The predicted molar refractivity (Wildman–Crippen MR) is 149 cm³/mol. The molecule has 0 unspecified atom stereocenters. The lowest BCUT2D eigenvalue weighted by atomic mass is 9.87. The van der Waals surface area contributed by atoms with Crippen LogP contribution in [0.3, 0.4) is 0 Å². The van der Waals surface area contributed by atoms with Crippen molar-refractivity contribution in [2.75, 3.05) is 44.7 Å². The Morgan fingerprint density at radius 3 is 2.35 bits per heavy atom. The second-order valence-electron chi connectivity index (χ2n) is 11.2. The third-order valence-electron chi connectivity index (χ3n) is 6.90. The van der Waals surface area contributed by atoms with Crippen LogP contribution in [0.1, 0.15) is 56.2 Å². The number of carbonyl (C=O) groups excluding carboxylic acids is 2. The lowest BCUT2D eigenvalue weighted by Crippen LogP contribution is -2.41. The van der Waals surface area contributed by atoms with E-state index >= 15 is 0 Å². The van der Waals surface area contributed by atoms with Crippen LogP contribution in [0.4, 0.5) is 5.69 Å². The Bertz CT molecular complexity index is 1230. The van der Waals surface area contributed by atoms with Gasteiger partial charge in [-0.15, -0.1) is 0 Å². The number of rotatable bonds is 8. The number of anilines is 1. The van der Waals surface area contributed by atoms with Crippen LogP contribution in [0.15, 0.2) is 48.5 Å². The number of hydrogen-bond donors (Lipinski definition) is 2. The Morgan fingerprint density at radius 2 is 1.70 bits per heavy atom. The van der Waals surface area contributed by atoms with Gasteiger partial charge in [0.05, 0.1) is 13.2 Å². The van der Waals surface area contributed by atoms with E-state index in [1.54, 1.807) is 0 Å². The summed E-state index contributed by atoms with van der Waals surface area (Å²) in [6, 6.07) is 16.4. The number of ether oxygens (including phenoxy) is 1. The fourth-order valence-electron chi connectivity index (χ4n) is 4.53. The molecule has 1 aromatic heterocycles. The normalized spacial score (nSPS) is 14.8. The first-order valence-electron chi connectivity index (χ1n) is 13.2. The molecule has 1 saturated heterocycles. The van der Waals surface area contributed by atoms with Gasteiger partial charge in [-0.2, -0.15) is 0 Å². The molecule has 2 amide bonds. The predicted octanol–water partition coefficient (Wildman–Crippen LogP) is 4.64. The van der Waals surface area contributed by atoms with Crippen molar-refractivity contribution in [2.45, 2.75) is 46.6 Å². The molecule has 198 valence electrons. The monoisotopic (exact) mass is 504 g/mol. The first-order chi connectivity index (χ1) is 17.6. The molecule has 4 rings (SSSR count). The van der Waals surface area contributed by atoms with E-state index in [1.165, 1.54) is 5.56 Å². The number of benzene rings is 2. The van der Waals surface area contributed by atoms with Crippen molar-refractivity contribution < 1.29 is 14.3 Å². The molecule has 0 radical (unpaired) electrons. The first-order valence-corrected chi connectivity index (χ1v) is 13.2. The summed E-state index contributed by atoms with van der Waals surface area (Å²) in [6.07, 6.45) is 0. The average Bonchev–Trinajstić information content (AvgIpc) is 3.22. The topological polar surface area (TPSA) is 75.6 Å². The number of nitrogens with zero attached hydrogens (tertiary/aromatic N) is 2. The molecule has 1 aliphatic rings.